The number of carboxylic acids is 1. The fraction of sp³-hybridized carbons (Fsp3) is 0.167. The smallest absolute Gasteiger partial charge is 0.337 e. The van der Waals surface area contributed by atoms with Crippen LogP contribution in [0.4, 0.5) is 5.69 Å². The van der Waals surface area contributed by atoms with Crippen molar-refractivity contribution >= 4 is 45.8 Å². The highest BCUT2D eigenvalue weighted by Gasteiger charge is 2.24. The van der Waals surface area contributed by atoms with Gasteiger partial charge in [-0.25, -0.2) is 9.78 Å². The number of aromatic nitrogens is 1. The number of pyridine rings is 1. The first-order valence-electron chi connectivity index (χ1n) is 14.9. The maximum absolute atomic E-state index is 12.7. The lowest BCUT2D eigenvalue weighted by molar-refractivity contribution is 0.0697. The molecule has 4 aromatic carbocycles. The first-order valence-corrected chi connectivity index (χ1v) is 15.2. The van der Waals surface area contributed by atoms with Gasteiger partial charge in [0.2, 0.25) is 5.88 Å². The molecule has 1 saturated carbocycles. The van der Waals surface area contributed by atoms with Crippen LogP contribution in [0.25, 0.3) is 10.8 Å². The zero-order valence-electron chi connectivity index (χ0n) is 24.6. The molecule has 0 radical (unpaired) electrons. The van der Waals surface area contributed by atoms with Crippen LogP contribution in [0.1, 0.15) is 56.8 Å². The van der Waals surface area contributed by atoms with E-state index in [9.17, 15) is 19.5 Å². The number of amides is 2. The number of hydrogen-bond acceptors (Lipinski definition) is 6. The Kier molecular flexibility index (Phi) is 9.12. The minimum absolute atomic E-state index is 0.000709. The highest BCUT2D eigenvalue weighted by atomic mass is 35.5. The van der Waals surface area contributed by atoms with Crippen molar-refractivity contribution in [3.63, 3.8) is 0 Å². The molecule has 0 bridgehead atoms. The van der Waals surface area contributed by atoms with E-state index in [-0.39, 0.29) is 34.9 Å². The summed E-state index contributed by atoms with van der Waals surface area (Å²) in [5.74, 6) is -0.0200. The minimum atomic E-state index is -1.13. The van der Waals surface area contributed by atoms with E-state index in [0.717, 1.165) is 42.2 Å². The molecule has 0 aliphatic heterocycles. The van der Waals surface area contributed by atoms with Crippen LogP contribution in [0.2, 0.25) is 5.02 Å². The summed E-state index contributed by atoms with van der Waals surface area (Å²) in [5.41, 5.74) is 1.06. The number of fused-ring (bicyclic) bond motifs is 1. The molecule has 0 saturated heterocycles. The Morgan fingerprint density at radius 2 is 1.43 bits per heavy atom. The maximum atomic E-state index is 12.7. The fourth-order valence-electron chi connectivity index (χ4n) is 5.39. The molecule has 1 aliphatic carbocycles. The predicted octanol–water partition coefficient (Wildman–Crippen LogP) is 7.75. The summed E-state index contributed by atoms with van der Waals surface area (Å²) in [5, 5.41) is 17.6. The van der Waals surface area contributed by atoms with E-state index >= 15 is 0 Å². The zero-order valence-corrected chi connectivity index (χ0v) is 25.4. The molecule has 3 N–H and O–H groups in total. The minimum Gasteiger partial charge on any atom is -0.490 e. The van der Waals surface area contributed by atoms with Gasteiger partial charge in [0.25, 0.3) is 11.8 Å². The molecule has 9 nitrogen and oxygen atoms in total. The van der Waals surface area contributed by atoms with Gasteiger partial charge >= 0.3 is 5.97 Å². The third-order valence-electron chi connectivity index (χ3n) is 7.83. The number of benzene rings is 4. The van der Waals surface area contributed by atoms with Gasteiger partial charge in [-0.2, -0.15) is 0 Å². The van der Waals surface area contributed by atoms with E-state index in [1.807, 2.05) is 36.4 Å². The van der Waals surface area contributed by atoms with Crippen LogP contribution in [0.3, 0.4) is 0 Å². The number of carbonyl (C=O) groups excluding carboxylic acids is 2. The molecular weight excluding hydrogens is 606 g/mol. The zero-order chi connectivity index (χ0) is 32.0. The number of para-hydroxylation sites is 1. The first kappa shape index (κ1) is 30.6. The van der Waals surface area contributed by atoms with Crippen LogP contribution in [0.15, 0.2) is 103 Å². The Morgan fingerprint density at radius 3 is 2.13 bits per heavy atom. The third-order valence-corrected chi connectivity index (χ3v) is 8.08. The van der Waals surface area contributed by atoms with Crippen LogP contribution in [0, 0.1) is 0 Å². The van der Waals surface area contributed by atoms with E-state index in [1.165, 1.54) is 18.3 Å². The van der Waals surface area contributed by atoms with Crippen molar-refractivity contribution in [1.29, 1.82) is 0 Å². The van der Waals surface area contributed by atoms with Crippen molar-refractivity contribution in [2.24, 2.45) is 0 Å². The third kappa shape index (κ3) is 7.44. The Labute approximate surface area is 270 Å². The van der Waals surface area contributed by atoms with Crippen molar-refractivity contribution in [2.75, 3.05) is 5.32 Å². The van der Waals surface area contributed by atoms with E-state index < -0.39 is 11.9 Å². The molecule has 1 aromatic heterocycles. The summed E-state index contributed by atoms with van der Waals surface area (Å²) < 4.78 is 12.2. The number of hydrogen-bond donors (Lipinski definition) is 3. The van der Waals surface area contributed by atoms with Gasteiger partial charge in [0.1, 0.15) is 11.5 Å². The number of carbonyl (C=O) groups is 3. The van der Waals surface area contributed by atoms with Crippen molar-refractivity contribution in [2.45, 2.75) is 37.8 Å². The second-order valence-corrected chi connectivity index (χ2v) is 11.5. The highest BCUT2D eigenvalue weighted by Crippen LogP contribution is 2.30. The number of rotatable bonds is 9. The Morgan fingerprint density at radius 1 is 0.761 bits per heavy atom. The van der Waals surface area contributed by atoms with Crippen molar-refractivity contribution in [3.05, 3.63) is 125 Å². The van der Waals surface area contributed by atoms with Crippen molar-refractivity contribution in [1.82, 2.24) is 10.3 Å². The lowest BCUT2D eigenvalue weighted by Gasteiger charge is -2.29. The molecule has 5 aromatic rings. The maximum Gasteiger partial charge on any atom is 0.337 e. The number of ether oxygens (including phenoxy) is 2. The number of carboxylic acid groups (broad SMARTS) is 1. The second-order valence-electron chi connectivity index (χ2n) is 11.0. The van der Waals surface area contributed by atoms with Crippen molar-refractivity contribution < 1.29 is 29.0 Å². The lowest BCUT2D eigenvalue weighted by Crippen LogP contribution is -2.39. The average Bonchev–Trinajstić information content (AvgIpc) is 3.06. The largest absolute Gasteiger partial charge is 0.490 e. The molecule has 1 fully saturated rings. The normalized spacial score (nSPS) is 15.9. The molecular formula is C36H30ClN3O6. The summed E-state index contributed by atoms with van der Waals surface area (Å²) >= 11 is 5.92. The highest BCUT2D eigenvalue weighted by molar-refractivity contribution is 6.30. The molecule has 46 heavy (non-hydrogen) atoms. The molecule has 0 unspecified atom stereocenters. The van der Waals surface area contributed by atoms with Crippen LogP contribution in [-0.2, 0) is 0 Å². The number of halogens is 1. The summed E-state index contributed by atoms with van der Waals surface area (Å²) in [6.45, 7) is 0. The quantitative estimate of drug-likeness (QED) is 0.151. The summed E-state index contributed by atoms with van der Waals surface area (Å²) in [6, 6.07) is 27.9. The van der Waals surface area contributed by atoms with Gasteiger partial charge in [-0.15, -0.1) is 0 Å². The van der Waals surface area contributed by atoms with E-state index in [4.69, 9.17) is 21.1 Å². The predicted molar refractivity (Wildman–Crippen MR) is 175 cm³/mol. The number of anilines is 1. The summed E-state index contributed by atoms with van der Waals surface area (Å²) in [6.07, 6.45) is 4.83. The number of nitrogens with one attached hydrogen (secondary N) is 2. The van der Waals surface area contributed by atoms with Gasteiger partial charge in [0.05, 0.1) is 22.9 Å². The Hall–Kier alpha value is -5.41. The van der Waals surface area contributed by atoms with Gasteiger partial charge in [-0.1, -0.05) is 35.9 Å². The standard InChI is InChI=1S/C36H30ClN3O6/c37-26-10-5-22(6-11-26)34(41)39-27-12-16-28(17-13-27)45-29-14-7-24-20-30(15-8-23(24)19-29)46-33-18-9-25(21-38-33)35(42)40-32-4-2-1-3-31(32)36(43)44/h1-11,14-15,18-21,27-28H,12-13,16-17H2,(H,39,41)(H,40,42)(H,43,44). The number of nitrogens with zero attached hydrogens (tertiary/aromatic N) is 1. The molecule has 0 atom stereocenters. The summed E-state index contributed by atoms with van der Waals surface area (Å²) in [4.78, 5) is 40.9. The average molecular weight is 636 g/mol. The first-order chi connectivity index (χ1) is 22.3. The molecule has 232 valence electrons. The van der Waals surface area contributed by atoms with Gasteiger partial charge < -0.3 is 25.2 Å². The van der Waals surface area contributed by atoms with Crippen LogP contribution >= 0.6 is 11.6 Å². The van der Waals surface area contributed by atoms with Crippen LogP contribution in [-0.4, -0.2) is 40.0 Å². The molecule has 0 spiro atoms. The molecule has 2 amide bonds. The van der Waals surface area contributed by atoms with E-state index in [0.29, 0.717) is 22.2 Å². The Bertz CT molecular complexity index is 1890. The Balaban J connectivity index is 1.01. The second kappa shape index (κ2) is 13.7. The summed E-state index contributed by atoms with van der Waals surface area (Å²) in [7, 11) is 0. The lowest BCUT2D eigenvalue weighted by atomic mass is 9.92. The van der Waals surface area contributed by atoms with Gasteiger partial charge in [-0.3, -0.25) is 9.59 Å². The molecule has 6 rings (SSSR count). The molecule has 1 aliphatic rings. The topological polar surface area (TPSA) is 127 Å². The van der Waals surface area contributed by atoms with Crippen LogP contribution in [0.5, 0.6) is 17.4 Å². The van der Waals surface area contributed by atoms with Gasteiger partial charge in [0, 0.05) is 28.9 Å². The SMILES string of the molecule is O=C(Nc1ccccc1C(=O)O)c1ccc(Oc2ccc3cc(OC4CCC(NC(=O)c5ccc(Cl)cc5)CC4)ccc3c2)nc1. The van der Waals surface area contributed by atoms with Gasteiger partial charge in [-0.05, 0) is 103 Å². The van der Waals surface area contributed by atoms with E-state index in [2.05, 4.69) is 15.6 Å². The molecule has 1 heterocycles. The number of aromatic carboxylic acids is 1. The van der Waals surface area contributed by atoms with Gasteiger partial charge in [0.15, 0.2) is 0 Å². The van der Waals surface area contributed by atoms with Crippen molar-refractivity contribution in [3.8, 4) is 17.4 Å². The van der Waals surface area contributed by atoms with Crippen LogP contribution < -0.4 is 20.1 Å². The molecule has 10 heteroatoms. The fourth-order valence-corrected chi connectivity index (χ4v) is 5.52. The van der Waals surface area contributed by atoms with E-state index in [1.54, 1.807) is 48.5 Å². The monoisotopic (exact) mass is 635 g/mol.